The van der Waals surface area contributed by atoms with Crippen molar-refractivity contribution in [3.05, 3.63) is 24.3 Å². The molecule has 2 amide bonds. The van der Waals surface area contributed by atoms with E-state index in [9.17, 15) is 9.59 Å². The molecule has 3 rings (SSSR count). The van der Waals surface area contributed by atoms with Crippen molar-refractivity contribution in [3.63, 3.8) is 0 Å². The number of carbonyl (C=O) groups excluding carboxylic acids is 2. The van der Waals surface area contributed by atoms with Gasteiger partial charge in [-0.25, -0.2) is 0 Å². The number of nitrogens with one attached hydrogen (secondary N) is 1. The average molecular weight is 368 g/mol. The minimum atomic E-state index is -0.0994. The Labute approximate surface area is 154 Å². The second-order valence-electron chi connectivity index (χ2n) is 7.03. The molecule has 1 aromatic rings. The van der Waals surface area contributed by atoms with Gasteiger partial charge in [-0.05, 0) is 55.4 Å². The van der Waals surface area contributed by atoms with E-state index in [0.29, 0.717) is 17.6 Å². The normalized spacial score (nSPS) is 26.7. The highest BCUT2D eigenvalue weighted by Crippen LogP contribution is 2.47. The van der Waals surface area contributed by atoms with E-state index in [2.05, 4.69) is 5.32 Å². The van der Waals surface area contributed by atoms with Gasteiger partial charge in [-0.15, -0.1) is 12.4 Å². The van der Waals surface area contributed by atoms with Crippen molar-refractivity contribution in [3.8, 4) is 5.75 Å². The van der Waals surface area contributed by atoms with Crippen molar-refractivity contribution in [1.82, 2.24) is 4.90 Å². The van der Waals surface area contributed by atoms with Crippen LogP contribution in [0.25, 0.3) is 0 Å². The Bertz CT molecular complexity index is 618. The molecule has 2 bridgehead atoms. The zero-order valence-electron chi connectivity index (χ0n) is 14.6. The van der Waals surface area contributed by atoms with E-state index in [1.807, 2.05) is 0 Å². The van der Waals surface area contributed by atoms with Gasteiger partial charge >= 0.3 is 0 Å². The minimum Gasteiger partial charge on any atom is -0.484 e. The summed E-state index contributed by atoms with van der Waals surface area (Å²) in [6, 6.07) is 7.06. The summed E-state index contributed by atoms with van der Waals surface area (Å²) < 4.78 is 5.42. The fourth-order valence-corrected chi connectivity index (χ4v) is 3.86. The third-order valence-electron chi connectivity index (χ3n) is 5.27. The summed E-state index contributed by atoms with van der Waals surface area (Å²) in [4.78, 5) is 25.5. The smallest absolute Gasteiger partial charge is 0.259 e. The predicted octanol–water partition coefficient (Wildman–Crippen LogP) is 1.89. The zero-order chi connectivity index (χ0) is 17.3. The molecule has 25 heavy (non-hydrogen) atoms. The molecule has 0 saturated heterocycles. The van der Waals surface area contributed by atoms with Crippen LogP contribution in [0.2, 0.25) is 0 Å². The second kappa shape index (κ2) is 8.06. The highest BCUT2D eigenvalue weighted by molar-refractivity contribution is 5.93. The molecule has 2 fully saturated rings. The average Bonchev–Trinajstić information content (AvgIpc) is 3.14. The molecule has 2 aliphatic carbocycles. The van der Waals surface area contributed by atoms with Gasteiger partial charge in [0.1, 0.15) is 5.75 Å². The van der Waals surface area contributed by atoms with Gasteiger partial charge in [0.05, 0.1) is 5.92 Å². The number of rotatable bonds is 5. The van der Waals surface area contributed by atoms with E-state index in [1.54, 1.807) is 38.4 Å². The van der Waals surface area contributed by atoms with E-state index in [1.165, 1.54) is 4.90 Å². The SMILES string of the molecule is CN(C)C(=O)COc1ccc(NC(=O)C2C3CCC(C3)C2N)cc1.Cl. The number of fused-ring (bicyclic) bond motifs is 2. The number of nitrogens with two attached hydrogens (primary N) is 1. The van der Waals surface area contributed by atoms with Gasteiger partial charge < -0.3 is 20.7 Å². The third kappa shape index (κ3) is 4.25. The van der Waals surface area contributed by atoms with E-state index in [-0.39, 0.29) is 42.8 Å². The van der Waals surface area contributed by atoms with Crippen LogP contribution in [0.5, 0.6) is 5.75 Å². The van der Waals surface area contributed by atoms with Crippen molar-refractivity contribution < 1.29 is 14.3 Å². The monoisotopic (exact) mass is 367 g/mol. The minimum absolute atomic E-state index is 0. The fraction of sp³-hybridized carbons (Fsp3) is 0.556. The third-order valence-corrected chi connectivity index (χ3v) is 5.27. The number of benzene rings is 1. The number of likely N-dealkylation sites (N-methyl/N-ethyl adjacent to an activating group) is 1. The molecule has 0 spiro atoms. The van der Waals surface area contributed by atoms with E-state index >= 15 is 0 Å². The van der Waals surface area contributed by atoms with Gasteiger partial charge in [-0.2, -0.15) is 0 Å². The molecule has 0 aliphatic heterocycles. The van der Waals surface area contributed by atoms with E-state index in [0.717, 1.165) is 24.9 Å². The summed E-state index contributed by atoms with van der Waals surface area (Å²) in [6.45, 7) is -0.00129. The number of carbonyl (C=O) groups is 2. The first-order chi connectivity index (χ1) is 11.5. The van der Waals surface area contributed by atoms with Crippen molar-refractivity contribution >= 4 is 29.9 Å². The van der Waals surface area contributed by atoms with Crippen LogP contribution in [-0.4, -0.2) is 43.5 Å². The summed E-state index contributed by atoms with van der Waals surface area (Å²) in [7, 11) is 3.37. The quantitative estimate of drug-likeness (QED) is 0.832. The summed E-state index contributed by atoms with van der Waals surface area (Å²) in [6.07, 6.45) is 3.36. The Morgan fingerprint density at radius 3 is 2.40 bits per heavy atom. The molecule has 3 N–H and O–H groups in total. The summed E-state index contributed by atoms with van der Waals surface area (Å²) >= 11 is 0. The maximum atomic E-state index is 12.5. The lowest BCUT2D eigenvalue weighted by Crippen LogP contribution is -2.42. The first kappa shape index (κ1) is 19.5. The molecule has 7 heteroatoms. The number of hydrogen-bond donors (Lipinski definition) is 2. The molecule has 1 aromatic carbocycles. The molecule has 4 unspecified atom stereocenters. The highest BCUT2D eigenvalue weighted by atomic mass is 35.5. The van der Waals surface area contributed by atoms with Gasteiger partial charge in [0.15, 0.2) is 6.61 Å². The molecule has 138 valence electrons. The molecule has 4 atom stereocenters. The maximum Gasteiger partial charge on any atom is 0.259 e. The Hall–Kier alpha value is -1.79. The summed E-state index contributed by atoms with van der Waals surface area (Å²) in [5, 5.41) is 2.96. The van der Waals surface area contributed by atoms with Crippen LogP contribution in [0.1, 0.15) is 19.3 Å². The van der Waals surface area contributed by atoms with Crippen molar-refractivity contribution in [2.24, 2.45) is 23.5 Å². The van der Waals surface area contributed by atoms with Crippen LogP contribution in [0.15, 0.2) is 24.3 Å². The number of hydrogen-bond acceptors (Lipinski definition) is 4. The van der Waals surface area contributed by atoms with Crippen LogP contribution in [0.4, 0.5) is 5.69 Å². The van der Waals surface area contributed by atoms with Crippen LogP contribution in [0, 0.1) is 17.8 Å². The fourth-order valence-electron chi connectivity index (χ4n) is 3.86. The van der Waals surface area contributed by atoms with E-state index < -0.39 is 0 Å². The Kier molecular flexibility index (Phi) is 6.30. The number of halogens is 1. The standard InChI is InChI=1S/C18H25N3O3.ClH/c1-21(2)15(22)10-24-14-7-5-13(6-8-14)20-18(23)16-11-3-4-12(9-11)17(16)19;/h5-8,11-12,16-17H,3-4,9-10,19H2,1-2H3,(H,20,23);1H. The topological polar surface area (TPSA) is 84.7 Å². The molecular formula is C18H26ClN3O3. The Morgan fingerprint density at radius 1 is 1.20 bits per heavy atom. The van der Waals surface area contributed by atoms with Crippen LogP contribution in [-0.2, 0) is 9.59 Å². The largest absolute Gasteiger partial charge is 0.484 e. The maximum absolute atomic E-state index is 12.5. The first-order valence-corrected chi connectivity index (χ1v) is 8.45. The highest BCUT2D eigenvalue weighted by Gasteiger charge is 2.49. The number of nitrogens with zero attached hydrogens (tertiary/aromatic N) is 1. The molecule has 2 aliphatic rings. The molecular weight excluding hydrogens is 342 g/mol. The van der Waals surface area contributed by atoms with Gasteiger partial charge in [0, 0.05) is 25.8 Å². The molecule has 0 aromatic heterocycles. The predicted molar refractivity (Wildman–Crippen MR) is 98.8 cm³/mol. The van der Waals surface area contributed by atoms with E-state index in [4.69, 9.17) is 10.5 Å². The van der Waals surface area contributed by atoms with Crippen molar-refractivity contribution in [1.29, 1.82) is 0 Å². The lowest BCUT2D eigenvalue weighted by molar-refractivity contribution is -0.130. The van der Waals surface area contributed by atoms with Gasteiger partial charge in [0.2, 0.25) is 5.91 Å². The molecule has 0 radical (unpaired) electrons. The van der Waals surface area contributed by atoms with Gasteiger partial charge in [-0.3, -0.25) is 9.59 Å². The number of amides is 2. The molecule has 0 heterocycles. The zero-order valence-corrected chi connectivity index (χ0v) is 15.4. The number of ether oxygens (including phenoxy) is 1. The van der Waals surface area contributed by atoms with Crippen LogP contribution < -0.4 is 15.8 Å². The second-order valence-corrected chi connectivity index (χ2v) is 7.03. The molecule has 6 nitrogen and oxygen atoms in total. The Morgan fingerprint density at radius 2 is 1.84 bits per heavy atom. The lowest BCUT2D eigenvalue weighted by Gasteiger charge is -2.27. The number of anilines is 1. The van der Waals surface area contributed by atoms with Crippen LogP contribution >= 0.6 is 12.4 Å². The molecule has 2 saturated carbocycles. The van der Waals surface area contributed by atoms with Crippen molar-refractivity contribution in [2.45, 2.75) is 25.3 Å². The van der Waals surface area contributed by atoms with Gasteiger partial charge in [-0.1, -0.05) is 0 Å². The van der Waals surface area contributed by atoms with Crippen molar-refractivity contribution in [2.75, 3.05) is 26.0 Å². The first-order valence-electron chi connectivity index (χ1n) is 8.45. The summed E-state index contributed by atoms with van der Waals surface area (Å²) in [5.41, 5.74) is 6.94. The summed E-state index contributed by atoms with van der Waals surface area (Å²) in [5.74, 6) is 1.39. The van der Waals surface area contributed by atoms with Crippen LogP contribution in [0.3, 0.4) is 0 Å². The van der Waals surface area contributed by atoms with Gasteiger partial charge in [0.25, 0.3) is 5.91 Å². The lowest BCUT2D eigenvalue weighted by atomic mass is 9.84. The Balaban J connectivity index is 0.00000225.